The molecule has 0 spiro atoms. The van der Waals surface area contributed by atoms with Gasteiger partial charge in [0.05, 0.1) is 22.2 Å². The predicted molar refractivity (Wildman–Crippen MR) is 97.2 cm³/mol. The van der Waals surface area contributed by atoms with Gasteiger partial charge in [-0.2, -0.15) is 5.10 Å². The molecule has 0 saturated carbocycles. The molecule has 1 heterocycles. The number of carbonyl (C=O) groups is 1. The number of nitrogens with one attached hydrogen (secondary N) is 1. The minimum atomic E-state index is -0.370. The van der Waals surface area contributed by atoms with Crippen LogP contribution in [-0.4, -0.2) is 15.7 Å². The molecular formula is C17H12Cl3N3O. The van der Waals surface area contributed by atoms with Gasteiger partial charge in [-0.25, -0.2) is 0 Å². The second kappa shape index (κ2) is 7.26. The van der Waals surface area contributed by atoms with Crippen molar-refractivity contribution in [3.63, 3.8) is 0 Å². The van der Waals surface area contributed by atoms with Crippen LogP contribution in [0.3, 0.4) is 0 Å². The number of nitrogens with zero attached hydrogens (tertiary/aromatic N) is 2. The summed E-state index contributed by atoms with van der Waals surface area (Å²) in [6, 6.07) is 14.1. The molecule has 4 nitrogen and oxygen atoms in total. The topological polar surface area (TPSA) is 46.9 Å². The first-order valence-electron chi connectivity index (χ1n) is 7.07. The Bertz CT molecular complexity index is 892. The van der Waals surface area contributed by atoms with Crippen molar-refractivity contribution >= 4 is 46.5 Å². The number of carbonyl (C=O) groups excluding carboxylic acids is 1. The molecule has 0 bridgehead atoms. The lowest BCUT2D eigenvalue weighted by Crippen LogP contribution is -2.13. The van der Waals surface area contributed by atoms with Crippen LogP contribution in [0.2, 0.25) is 15.1 Å². The second-order valence-corrected chi connectivity index (χ2v) is 6.24. The quantitative estimate of drug-likeness (QED) is 0.681. The Morgan fingerprint density at radius 2 is 1.75 bits per heavy atom. The first-order valence-corrected chi connectivity index (χ1v) is 8.20. The summed E-state index contributed by atoms with van der Waals surface area (Å²) in [5, 5.41) is 8.23. The van der Waals surface area contributed by atoms with E-state index in [1.807, 2.05) is 24.3 Å². The average Bonchev–Trinajstić information content (AvgIpc) is 2.99. The monoisotopic (exact) mass is 379 g/mol. The van der Waals surface area contributed by atoms with E-state index in [1.54, 1.807) is 35.1 Å². The third-order valence-corrected chi connectivity index (χ3v) is 4.56. The Kier molecular flexibility index (Phi) is 5.09. The van der Waals surface area contributed by atoms with Crippen molar-refractivity contribution in [2.75, 3.05) is 5.32 Å². The summed E-state index contributed by atoms with van der Waals surface area (Å²) >= 11 is 18.1. The second-order valence-electron chi connectivity index (χ2n) is 5.05. The molecule has 1 aromatic heterocycles. The van der Waals surface area contributed by atoms with E-state index in [-0.39, 0.29) is 10.9 Å². The van der Waals surface area contributed by atoms with Crippen LogP contribution in [0.4, 0.5) is 5.82 Å². The van der Waals surface area contributed by atoms with Crippen molar-refractivity contribution in [1.29, 1.82) is 0 Å². The minimum absolute atomic E-state index is 0.215. The van der Waals surface area contributed by atoms with E-state index < -0.39 is 0 Å². The van der Waals surface area contributed by atoms with E-state index in [2.05, 4.69) is 10.4 Å². The summed E-state index contributed by atoms with van der Waals surface area (Å²) in [7, 11) is 0. The van der Waals surface area contributed by atoms with Crippen LogP contribution in [0.5, 0.6) is 0 Å². The fourth-order valence-electron chi connectivity index (χ4n) is 2.18. The van der Waals surface area contributed by atoms with Crippen LogP contribution in [0.15, 0.2) is 54.7 Å². The van der Waals surface area contributed by atoms with Gasteiger partial charge in [0.2, 0.25) is 0 Å². The first-order chi connectivity index (χ1) is 11.5. The largest absolute Gasteiger partial charge is 0.305 e. The van der Waals surface area contributed by atoms with Gasteiger partial charge in [0.15, 0.2) is 5.82 Å². The summed E-state index contributed by atoms with van der Waals surface area (Å²) in [4.78, 5) is 12.3. The maximum absolute atomic E-state index is 12.3. The van der Waals surface area contributed by atoms with E-state index in [1.165, 1.54) is 0 Å². The number of hydrogen-bond donors (Lipinski definition) is 1. The Hall–Kier alpha value is -2.01. The van der Waals surface area contributed by atoms with E-state index in [9.17, 15) is 4.79 Å². The molecule has 0 radical (unpaired) electrons. The Labute approximate surface area is 154 Å². The smallest absolute Gasteiger partial charge is 0.258 e. The molecule has 0 aliphatic carbocycles. The van der Waals surface area contributed by atoms with Crippen LogP contribution in [-0.2, 0) is 6.54 Å². The number of anilines is 1. The number of amides is 1. The van der Waals surface area contributed by atoms with Crippen molar-refractivity contribution in [2.24, 2.45) is 0 Å². The number of benzene rings is 2. The van der Waals surface area contributed by atoms with Crippen LogP contribution < -0.4 is 5.32 Å². The van der Waals surface area contributed by atoms with Gasteiger partial charge in [0.1, 0.15) is 0 Å². The molecular weight excluding hydrogens is 369 g/mol. The van der Waals surface area contributed by atoms with E-state index in [0.717, 1.165) is 5.56 Å². The summed E-state index contributed by atoms with van der Waals surface area (Å²) in [5.74, 6) is 0.0496. The van der Waals surface area contributed by atoms with Crippen molar-refractivity contribution < 1.29 is 4.79 Å². The molecule has 0 atom stereocenters. The van der Waals surface area contributed by atoms with Gasteiger partial charge in [-0.15, -0.1) is 0 Å². The fraction of sp³-hybridized carbons (Fsp3) is 0.0588. The molecule has 24 heavy (non-hydrogen) atoms. The van der Waals surface area contributed by atoms with Crippen LogP contribution >= 0.6 is 34.8 Å². The van der Waals surface area contributed by atoms with Crippen molar-refractivity contribution in [3.05, 3.63) is 80.9 Å². The standard InChI is InChI=1S/C17H12Cl3N3O/c18-13-6-2-1-4-11(13)10-23-9-8-15(22-23)21-17(24)12-5-3-7-14(19)16(12)20/h1-9H,10H2,(H,21,22,24). The number of hydrogen-bond acceptors (Lipinski definition) is 2. The SMILES string of the molecule is O=C(Nc1ccn(Cc2ccccc2Cl)n1)c1cccc(Cl)c1Cl. The Morgan fingerprint density at radius 3 is 2.54 bits per heavy atom. The molecule has 1 N–H and O–H groups in total. The minimum Gasteiger partial charge on any atom is -0.305 e. The summed E-state index contributed by atoms with van der Waals surface area (Å²) in [6.07, 6.45) is 1.76. The van der Waals surface area contributed by atoms with Gasteiger partial charge in [0, 0.05) is 17.3 Å². The molecule has 0 fully saturated rings. The van der Waals surface area contributed by atoms with Gasteiger partial charge in [-0.1, -0.05) is 59.1 Å². The summed E-state index contributed by atoms with van der Waals surface area (Å²) < 4.78 is 1.69. The Morgan fingerprint density at radius 1 is 1.00 bits per heavy atom. The van der Waals surface area contributed by atoms with Crippen molar-refractivity contribution in [3.8, 4) is 0 Å². The van der Waals surface area contributed by atoms with Crippen LogP contribution in [0.25, 0.3) is 0 Å². The lowest BCUT2D eigenvalue weighted by Gasteiger charge is -2.06. The first kappa shape index (κ1) is 16.8. The van der Waals surface area contributed by atoms with Gasteiger partial charge >= 0.3 is 0 Å². The highest BCUT2D eigenvalue weighted by Crippen LogP contribution is 2.26. The van der Waals surface area contributed by atoms with E-state index in [4.69, 9.17) is 34.8 Å². The highest BCUT2D eigenvalue weighted by molar-refractivity contribution is 6.44. The van der Waals surface area contributed by atoms with Gasteiger partial charge < -0.3 is 5.32 Å². The van der Waals surface area contributed by atoms with Gasteiger partial charge in [-0.05, 0) is 23.8 Å². The molecule has 2 aromatic carbocycles. The molecule has 0 saturated heterocycles. The summed E-state index contributed by atoms with van der Waals surface area (Å²) in [5.41, 5.74) is 1.24. The highest BCUT2D eigenvalue weighted by Gasteiger charge is 2.14. The third-order valence-electron chi connectivity index (χ3n) is 3.37. The number of halogens is 3. The number of aromatic nitrogens is 2. The van der Waals surface area contributed by atoms with Crippen LogP contribution in [0, 0.1) is 0 Å². The molecule has 0 aliphatic rings. The molecule has 122 valence electrons. The normalized spacial score (nSPS) is 10.6. The average molecular weight is 381 g/mol. The highest BCUT2D eigenvalue weighted by atomic mass is 35.5. The zero-order chi connectivity index (χ0) is 17.1. The maximum Gasteiger partial charge on any atom is 0.258 e. The van der Waals surface area contributed by atoms with E-state index in [0.29, 0.717) is 28.0 Å². The molecule has 7 heteroatoms. The van der Waals surface area contributed by atoms with Crippen molar-refractivity contribution in [1.82, 2.24) is 9.78 Å². The summed E-state index contributed by atoms with van der Waals surface area (Å²) in [6.45, 7) is 0.507. The predicted octanol–water partition coefficient (Wildman–Crippen LogP) is 5.14. The van der Waals surface area contributed by atoms with Gasteiger partial charge in [-0.3, -0.25) is 9.48 Å². The third kappa shape index (κ3) is 3.73. The maximum atomic E-state index is 12.3. The zero-order valence-corrected chi connectivity index (χ0v) is 14.6. The fourth-order valence-corrected chi connectivity index (χ4v) is 2.76. The lowest BCUT2D eigenvalue weighted by atomic mass is 10.2. The van der Waals surface area contributed by atoms with Gasteiger partial charge in [0.25, 0.3) is 5.91 Å². The molecule has 1 amide bonds. The van der Waals surface area contributed by atoms with Crippen LogP contribution in [0.1, 0.15) is 15.9 Å². The number of rotatable bonds is 4. The van der Waals surface area contributed by atoms with Crippen molar-refractivity contribution in [2.45, 2.75) is 6.54 Å². The molecule has 3 rings (SSSR count). The molecule has 0 unspecified atom stereocenters. The Balaban J connectivity index is 1.73. The zero-order valence-electron chi connectivity index (χ0n) is 12.3. The molecule has 3 aromatic rings. The van der Waals surface area contributed by atoms with E-state index >= 15 is 0 Å². The lowest BCUT2D eigenvalue weighted by molar-refractivity contribution is 0.102. The molecule has 0 aliphatic heterocycles.